The summed E-state index contributed by atoms with van der Waals surface area (Å²) in [5, 5.41) is 9.46. The summed E-state index contributed by atoms with van der Waals surface area (Å²) in [6.45, 7) is 2.09. The Hall–Kier alpha value is -1.27. The molecule has 0 radical (unpaired) electrons. The summed E-state index contributed by atoms with van der Waals surface area (Å²) in [5.41, 5.74) is 0.770. The van der Waals surface area contributed by atoms with Crippen LogP contribution in [0, 0.1) is 0 Å². The van der Waals surface area contributed by atoms with E-state index in [0.717, 1.165) is 5.56 Å². The number of hydrogen-bond donors (Lipinski definition) is 1. The minimum atomic E-state index is -3.21. The number of rotatable bonds is 6. The summed E-state index contributed by atoms with van der Waals surface area (Å²) < 4.78 is 29.9. The number of ether oxygens (including phenoxy) is 1. The third-order valence-corrected chi connectivity index (χ3v) is 4.59. The van der Waals surface area contributed by atoms with Gasteiger partial charge in [0.1, 0.15) is 0 Å². The van der Waals surface area contributed by atoms with Gasteiger partial charge in [-0.1, -0.05) is 13.0 Å². The Labute approximate surface area is 108 Å². The van der Waals surface area contributed by atoms with Crippen LogP contribution < -0.4 is 4.74 Å². The second-order valence-corrected chi connectivity index (χ2v) is 6.27. The van der Waals surface area contributed by atoms with Crippen LogP contribution in [0.2, 0.25) is 0 Å². The third kappa shape index (κ3) is 3.61. The van der Waals surface area contributed by atoms with E-state index in [1.807, 2.05) is 6.92 Å². The molecule has 1 aromatic carbocycles. The average Bonchev–Trinajstić information content (AvgIpc) is 2.31. The van der Waals surface area contributed by atoms with Crippen LogP contribution in [-0.4, -0.2) is 37.7 Å². The van der Waals surface area contributed by atoms with Crippen LogP contribution in [0.15, 0.2) is 18.2 Å². The van der Waals surface area contributed by atoms with Crippen molar-refractivity contribution in [3.05, 3.63) is 23.8 Å². The first-order valence-corrected chi connectivity index (χ1v) is 7.31. The number of phenolic OH excluding ortho intramolecular Hbond substituents is 1. The molecular formula is C12H19NO4S. The number of hydrogen-bond acceptors (Lipinski definition) is 4. The minimum absolute atomic E-state index is 0.0420. The van der Waals surface area contributed by atoms with Gasteiger partial charge in [-0.25, -0.2) is 12.7 Å². The molecule has 0 unspecified atom stereocenters. The topological polar surface area (TPSA) is 66.8 Å². The summed E-state index contributed by atoms with van der Waals surface area (Å²) in [6.07, 6.45) is 0.589. The Balaban J connectivity index is 2.85. The Bertz CT molecular complexity index is 499. The van der Waals surface area contributed by atoms with Crippen molar-refractivity contribution in [2.75, 3.05) is 19.9 Å². The van der Waals surface area contributed by atoms with E-state index in [0.29, 0.717) is 12.2 Å². The first-order valence-electron chi connectivity index (χ1n) is 5.70. The van der Waals surface area contributed by atoms with Crippen LogP contribution in [0.4, 0.5) is 0 Å². The van der Waals surface area contributed by atoms with Gasteiger partial charge in [0.15, 0.2) is 11.5 Å². The van der Waals surface area contributed by atoms with Gasteiger partial charge < -0.3 is 9.84 Å². The monoisotopic (exact) mass is 273 g/mol. The summed E-state index contributed by atoms with van der Waals surface area (Å²) in [4.78, 5) is 0. The maximum Gasteiger partial charge on any atom is 0.214 e. The zero-order valence-electron chi connectivity index (χ0n) is 10.9. The molecule has 1 rings (SSSR count). The number of sulfonamides is 1. The van der Waals surface area contributed by atoms with Gasteiger partial charge >= 0.3 is 0 Å². The average molecular weight is 273 g/mol. The van der Waals surface area contributed by atoms with Crippen molar-refractivity contribution in [2.45, 2.75) is 19.9 Å². The van der Waals surface area contributed by atoms with Crippen molar-refractivity contribution < 1.29 is 18.3 Å². The van der Waals surface area contributed by atoms with Crippen molar-refractivity contribution in [3.63, 3.8) is 0 Å². The molecule has 0 saturated heterocycles. The molecule has 0 bridgehead atoms. The Morgan fingerprint density at radius 1 is 1.39 bits per heavy atom. The highest BCUT2D eigenvalue weighted by Gasteiger charge is 2.17. The fraction of sp³-hybridized carbons (Fsp3) is 0.500. The van der Waals surface area contributed by atoms with Gasteiger partial charge in [-0.3, -0.25) is 0 Å². The van der Waals surface area contributed by atoms with E-state index in [1.165, 1.54) is 17.5 Å². The molecule has 0 amide bonds. The van der Waals surface area contributed by atoms with E-state index in [4.69, 9.17) is 4.74 Å². The zero-order valence-corrected chi connectivity index (χ0v) is 11.7. The maximum atomic E-state index is 11.8. The third-order valence-electron chi connectivity index (χ3n) is 2.59. The van der Waals surface area contributed by atoms with Gasteiger partial charge in [0.2, 0.25) is 10.0 Å². The molecule has 102 valence electrons. The molecule has 6 heteroatoms. The van der Waals surface area contributed by atoms with Crippen molar-refractivity contribution in [1.82, 2.24) is 4.31 Å². The van der Waals surface area contributed by atoms with E-state index in [9.17, 15) is 13.5 Å². The van der Waals surface area contributed by atoms with Crippen LogP contribution in [0.1, 0.15) is 18.9 Å². The summed E-state index contributed by atoms with van der Waals surface area (Å²) in [5.74, 6) is 0.521. The van der Waals surface area contributed by atoms with E-state index < -0.39 is 10.0 Å². The molecule has 0 fully saturated rings. The smallest absolute Gasteiger partial charge is 0.214 e. The van der Waals surface area contributed by atoms with Gasteiger partial charge in [-0.05, 0) is 24.1 Å². The highest BCUT2D eigenvalue weighted by molar-refractivity contribution is 7.89. The quantitative estimate of drug-likeness (QED) is 0.854. The lowest BCUT2D eigenvalue weighted by atomic mass is 10.2. The molecule has 0 heterocycles. The molecule has 1 N–H and O–H groups in total. The Kier molecular flexibility index (Phi) is 4.98. The molecule has 5 nitrogen and oxygen atoms in total. The van der Waals surface area contributed by atoms with Crippen molar-refractivity contribution in [2.24, 2.45) is 0 Å². The lowest BCUT2D eigenvalue weighted by molar-refractivity contribution is 0.372. The highest BCUT2D eigenvalue weighted by Crippen LogP contribution is 2.26. The fourth-order valence-corrected chi connectivity index (χ4v) is 2.76. The number of benzene rings is 1. The lowest BCUT2D eigenvalue weighted by Crippen LogP contribution is -2.28. The summed E-state index contributed by atoms with van der Waals surface area (Å²) in [7, 11) is -0.208. The fourth-order valence-electron chi connectivity index (χ4n) is 1.59. The molecule has 0 aromatic heterocycles. The molecule has 0 atom stereocenters. The molecule has 0 aliphatic carbocycles. The molecule has 18 heavy (non-hydrogen) atoms. The number of phenols is 1. The Morgan fingerprint density at radius 3 is 2.61 bits per heavy atom. The van der Waals surface area contributed by atoms with Crippen LogP contribution in [-0.2, 0) is 16.6 Å². The second-order valence-electron chi connectivity index (χ2n) is 4.08. The lowest BCUT2D eigenvalue weighted by Gasteiger charge is -2.17. The number of nitrogens with zero attached hydrogens (tertiary/aromatic N) is 1. The predicted octanol–water partition coefficient (Wildman–Crippen LogP) is 1.57. The largest absolute Gasteiger partial charge is 0.504 e. The Morgan fingerprint density at radius 2 is 2.06 bits per heavy atom. The van der Waals surface area contributed by atoms with Crippen molar-refractivity contribution in [3.8, 4) is 11.5 Å². The van der Waals surface area contributed by atoms with Crippen LogP contribution in [0.3, 0.4) is 0 Å². The molecule has 0 spiro atoms. The summed E-state index contributed by atoms with van der Waals surface area (Å²) in [6, 6.07) is 4.80. The molecule has 0 aliphatic rings. The van der Waals surface area contributed by atoms with Crippen molar-refractivity contribution in [1.29, 1.82) is 0 Å². The number of methoxy groups -OCH3 is 1. The van der Waals surface area contributed by atoms with Crippen LogP contribution in [0.25, 0.3) is 0 Å². The van der Waals surface area contributed by atoms with Gasteiger partial charge in [-0.15, -0.1) is 0 Å². The van der Waals surface area contributed by atoms with Gasteiger partial charge in [0.25, 0.3) is 0 Å². The first kappa shape index (κ1) is 14.8. The highest BCUT2D eigenvalue weighted by atomic mass is 32.2. The van der Waals surface area contributed by atoms with Gasteiger partial charge in [0.05, 0.1) is 12.9 Å². The zero-order chi connectivity index (χ0) is 13.8. The van der Waals surface area contributed by atoms with E-state index in [1.54, 1.807) is 19.2 Å². The second kappa shape index (κ2) is 6.06. The van der Waals surface area contributed by atoms with Crippen LogP contribution in [0.5, 0.6) is 11.5 Å². The predicted molar refractivity (Wildman–Crippen MR) is 70.2 cm³/mol. The molecule has 0 aliphatic heterocycles. The van der Waals surface area contributed by atoms with Gasteiger partial charge in [-0.2, -0.15) is 0 Å². The maximum absolute atomic E-state index is 11.8. The van der Waals surface area contributed by atoms with Gasteiger partial charge in [0, 0.05) is 13.6 Å². The van der Waals surface area contributed by atoms with E-state index in [-0.39, 0.29) is 18.0 Å². The van der Waals surface area contributed by atoms with Crippen molar-refractivity contribution >= 4 is 10.0 Å². The normalized spacial score (nSPS) is 11.8. The molecular weight excluding hydrogens is 254 g/mol. The van der Waals surface area contributed by atoms with E-state index >= 15 is 0 Å². The SMILES string of the molecule is CCCS(=O)(=O)N(C)Cc1ccc(O)c(OC)c1. The van der Waals surface area contributed by atoms with Crippen LogP contribution >= 0.6 is 0 Å². The standard InChI is InChI=1S/C12H19NO4S/c1-4-7-18(15,16)13(2)9-10-5-6-11(14)12(8-10)17-3/h5-6,8,14H,4,7,9H2,1-3H3. The summed E-state index contributed by atoms with van der Waals surface area (Å²) >= 11 is 0. The molecule has 1 aromatic rings. The number of aromatic hydroxyl groups is 1. The minimum Gasteiger partial charge on any atom is -0.504 e. The van der Waals surface area contributed by atoms with E-state index in [2.05, 4.69) is 0 Å². The first-order chi connectivity index (χ1) is 8.40. The molecule has 0 saturated carbocycles.